The Kier molecular flexibility index (Phi) is 5.81. The van der Waals surface area contributed by atoms with E-state index in [9.17, 15) is 9.59 Å². The third-order valence-corrected chi connectivity index (χ3v) is 4.38. The topological polar surface area (TPSA) is 46.2 Å². The lowest BCUT2D eigenvalue weighted by Crippen LogP contribution is -2.16. The van der Waals surface area contributed by atoms with Crippen molar-refractivity contribution in [1.29, 1.82) is 0 Å². The number of nitrogens with one attached hydrogen (secondary N) is 1. The molecule has 0 atom stereocenters. The molecule has 0 aliphatic rings. The summed E-state index contributed by atoms with van der Waals surface area (Å²) in [6, 6.07) is 14.8. The molecule has 3 nitrogen and oxygen atoms in total. The minimum atomic E-state index is -0.173. The summed E-state index contributed by atoms with van der Waals surface area (Å²) < 4.78 is 1.12. The third-order valence-electron chi connectivity index (χ3n) is 2.81. The van der Waals surface area contributed by atoms with Crippen molar-refractivity contribution in [2.75, 3.05) is 11.1 Å². The number of hydrogen-bond donors (Lipinski definition) is 1. The lowest BCUT2D eigenvalue weighted by atomic mass is 10.2. The van der Waals surface area contributed by atoms with Crippen LogP contribution >= 0.6 is 34.4 Å². The van der Waals surface area contributed by atoms with Gasteiger partial charge in [-0.15, -0.1) is 0 Å². The van der Waals surface area contributed by atoms with Crippen molar-refractivity contribution >= 4 is 51.1 Å². The maximum Gasteiger partial charge on any atom is 0.234 e. The largest absolute Gasteiger partial charge is 0.325 e. The standard InChI is InChI=1S/C16H14INO2S/c1-11-9-13(17)7-8-14(11)18-15(19)10-21-16(20)12-5-3-2-4-6-12/h2-9H,10H2,1H3,(H,18,19). The van der Waals surface area contributed by atoms with Crippen LogP contribution in [0.4, 0.5) is 5.69 Å². The van der Waals surface area contributed by atoms with Crippen LogP contribution in [0.3, 0.4) is 0 Å². The Morgan fingerprint density at radius 3 is 2.52 bits per heavy atom. The first-order valence-corrected chi connectivity index (χ1v) is 8.41. The molecule has 2 aromatic rings. The smallest absolute Gasteiger partial charge is 0.234 e. The monoisotopic (exact) mass is 411 g/mol. The van der Waals surface area contributed by atoms with E-state index in [0.717, 1.165) is 26.6 Å². The van der Waals surface area contributed by atoms with Crippen LogP contribution in [0, 0.1) is 10.5 Å². The van der Waals surface area contributed by atoms with Gasteiger partial charge in [-0.1, -0.05) is 42.1 Å². The van der Waals surface area contributed by atoms with Gasteiger partial charge in [0.25, 0.3) is 0 Å². The van der Waals surface area contributed by atoms with Gasteiger partial charge < -0.3 is 5.32 Å². The molecule has 1 amide bonds. The lowest BCUT2D eigenvalue weighted by molar-refractivity contribution is -0.113. The van der Waals surface area contributed by atoms with Crippen molar-refractivity contribution in [2.24, 2.45) is 0 Å². The molecule has 0 aromatic heterocycles. The molecule has 0 bridgehead atoms. The minimum Gasteiger partial charge on any atom is -0.325 e. The SMILES string of the molecule is Cc1cc(I)ccc1NC(=O)CSC(=O)c1ccccc1. The van der Waals surface area contributed by atoms with E-state index >= 15 is 0 Å². The van der Waals surface area contributed by atoms with Crippen molar-refractivity contribution in [3.8, 4) is 0 Å². The van der Waals surface area contributed by atoms with E-state index < -0.39 is 0 Å². The lowest BCUT2D eigenvalue weighted by Gasteiger charge is -2.08. The molecule has 0 aliphatic heterocycles. The molecule has 0 fully saturated rings. The van der Waals surface area contributed by atoms with Gasteiger partial charge in [-0.2, -0.15) is 0 Å². The van der Waals surface area contributed by atoms with Crippen molar-refractivity contribution in [2.45, 2.75) is 6.92 Å². The zero-order valence-corrected chi connectivity index (χ0v) is 14.4. The predicted octanol–water partition coefficient (Wildman–Crippen LogP) is 4.11. The van der Waals surface area contributed by atoms with E-state index in [1.54, 1.807) is 12.1 Å². The molecular weight excluding hydrogens is 397 g/mol. The van der Waals surface area contributed by atoms with Gasteiger partial charge in [-0.25, -0.2) is 0 Å². The highest BCUT2D eigenvalue weighted by atomic mass is 127. The maximum absolute atomic E-state index is 11.9. The molecule has 2 aromatic carbocycles. The number of carbonyl (C=O) groups excluding carboxylic acids is 2. The first kappa shape index (κ1) is 16.0. The second-order valence-corrected chi connectivity index (χ2v) is 6.64. The number of hydrogen-bond acceptors (Lipinski definition) is 3. The van der Waals surface area contributed by atoms with E-state index in [1.807, 2.05) is 43.3 Å². The maximum atomic E-state index is 11.9. The number of amides is 1. The van der Waals surface area contributed by atoms with Gasteiger partial charge in [0.1, 0.15) is 0 Å². The van der Waals surface area contributed by atoms with E-state index in [2.05, 4.69) is 27.9 Å². The van der Waals surface area contributed by atoms with Crippen LogP contribution in [0.1, 0.15) is 15.9 Å². The Balaban J connectivity index is 1.89. The normalized spacial score (nSPS) is 10.2. The van der Waals surface area contributed by atoms with Crippen LogP contribution in [-0.4, -0.2) is 16.8 Å². The summed E-state index contributed by atoms with van der Waals surface area (Å²) in [4.78, 5) is 23.8. The number of halogens is 1. The van der Waals surface area contributed by atoms with E-state index in [1.165, 1.54) is 0 Å². The Morgan fingerprint density at radius 2 is 1.86 bits per heavy atom. The third kappa shape index (κ3) is 4.86. The van der Waals surface area contributed by atoms with Gasteiger partial charge in [0.15, 0.2) is 0 Å². The van der Waals surface area contributed by atoms with Crippen molar-refractivity contribution < 1.29 is 9.59 Å². The molecule has 0 unspecified atom stereocenters. The van der Waals surface area contributed by atoms with Gasteiger partial charge in [-0.05, 0) is 53.3 Å². The number of thioether (sulfide) groups is 1. The Labute approximate surface area is 141 Å². The number of benzene rings is 2. The fourth-order valence-corrected chi connectivity index (χ4v) is 3.03. The van der Waals surface area contributed by atoms with Crippen molar-refractivity contribution in [3.63, 3.8) is 0 Å². The quantitative estimate of drug-likeness (QED) is 0.771. The van der Waals surface area contributed by atoms with Crippen molar-refractivity contribution in [1.82, 2.24) is 0 Å². The summed E-state index contributed by atoms with van der Waals surface area (Å²) in [5.74, 6) is -0.0623. The summed E-state index contributed by atoms with van der Waals surface area (Å²) in [5.41, 5.74) is 2.41. The molecular formula is C16H14INO2S. The van der Waals surface area contributed by atoms with Crippen LogP contribution in [0.25, 0.3) is 0 Å². The summed E-state index contributed by atoms with van der Waals surface area (Å²) in [6.45, 7) is 1.94. The predicted molar refractivity (Wildman–Crippen MR) is 95.8 cm³/mol. The Hall–Kier alpha value is -1.34. The molecule has 0 saturated heterocycles. The minimum absolute atomic E-state index is 0.0925. The summed E-state index contributed by atoms with van der Waals surface area (Å²) in [5, 5.41) is 2.74. The number of anilines is 1. The zero-order valence-electron chi connectivity index (χ0n) is 11.4. The summed E-state index contributed by atoms with van der Waals surface area (Å²) in [7, 11) is 0. The molecule has 0 heterocycles. The van der Waals surface area contributed by atoms with Gasteiger partial charge in [0.2, 0.25) is 11.0 Å². The number of carbonyl (C=O) groups is 2. The van der Waals surface area contributed by atoms with Gasteiger partial charge in [0.05, 0.1) is 5.75 Å². The molecule has 0 saturated carbocycles. The molecule has 0 spiro atoms. The van der Waals surface area contributed by atoms with Crippen LogP contribution in [-0.2, 0) is 4.79 Å². The Bertz CT molecular complexity index is 659. The second kappa shape index (κ2) is 7.61. The number of aryl methyl sites for hydroxylation is 1. The van der Waals surface area contributed by atoms with Crippen LogP contribution in [0.15, 0.2) is 48.5 Å². The summed E-state index contributed by atoms with van der Waals surface area (Å²) in [6.07, 6.45) is 0. The van der Waals surface area contributed by atoms with Crippen LogP contribution in [0.2, 0.25) is 0 Å². The fourth-order valence-electron chi connectivity index (χ4n) is 1.74. The average Bonchev–Trinajstić information content (AvgIpc) is 2.48. The van der Waals surface area contributed by atoms with Crippen LogP contribution < -0.4 is 5.32 Å². The zero-order chi connectivity index (χ0) is 15.2. The highest BCUT2D eigenvalue weighted by Crippen LogP contribution is 2.18. The average molecular weight is 411 g/mol. The molecule has 0 radical (unpaired) electrons. The summed E-state index contributed by atoms with van der Waals surface area (Å²) >= 11 is 3.24. The second-order valence-electron chi connectivity index (χ2n) is 4.45. The molecule has 5 heteroatoms. The highest BCUT2D eigenvalue weighted by molar-refractivity contribution is 14.1. The molecule has 1 N–H and O–H groups in total. The van der Waals surface area contributed by atoms with E-state index in [0.29, 0.717) is 5.56 Å². The first-order valence-electron chi connectivity index (χ1n) is 6.34. The molecule has 2 rings (SSSR count). The first-order chi connectivity index (χ1) is 10.1. The van der Waals surface area contributed by atoms with Gasteiger partial charge >= 0.3 is 0 Å². The molecule has 21 heavy (non-hydrogen) atoms. The molecule has 0 aliphatic carbocycles. The molecule has 108 valence electrons. The Morgan fingerprint density at radius 1 is 1.14 bits per heavy atom. The van der Waals surface area contributed by atoms with E-state index in [-0.39, 0.29) is 16.8 Å². The highest BCUT2D eigenvalue weighted by Gasteiger charge is 2.10. The van der Waals surface area contributed by atoms with Gasteiger partial charge in [-0.3, -0.25) is 9.59 Å². The van der Waals surface area contributed by atoms with Crippen LogP contribution in [0.5, 0.6) is 0 Å². The fraction of sp³-hybridized carbons (Fsp3) is 0.125. The van der Waals surface area contributed by atoms with Gasteiger partial charge in [0, 0.05) is 14.8 Å². The van der Waals surface area contributed by atoms with E-state index in [4.69, 9.17) is 0 Å². The van der Waals surface area contributed by atoms with Crippen molar-refractivity contribution in [3.05, 3.63) is 63.2 Å². The number of rotatable bonds is 4.